The fourth-order valence-corrected chi connectivity index (χ4v) is 3.06. The molecule has 3 rings (SSSR count). The summed E-state index contributed by atoms with van der Waals surface area (Å²) in [5.74, 6) is -1.52. The van der Waals surface area contributed by atoms with E-state index in [-0.39, 0.29) is 24.3 Å². The number of nitrogens with one attached hydrogen (secondary N) is 2. The number of ether oxygens (including phenoxy) is 1. The maximum atomic E-state index is 12.8. The van der Waals surface area contributed by atoms with E-state index in [1.807, 2.05) is 32.0 Å². The second-order valence-electron chi connectivity index (χ2n) is 7.01. The van der Waals surface area contributed by atoms with Crippen molar-refractivity contribution < 1.29 is 19.1 Å². The first kappa shape index (κ1) is 18.8. The number of piperidine rings is 1. The predicted molar refractivity (Wildman–Crippen MR) is 101 cm³/mol. The minimum Gasteiger partial charge on any atom is -0.452 e. The Bertz CT molecular complexity index is 850. The van der Waals surface area contributed by atoms with Crippen LogP contribution in [0.15, 0.2) is 36.5 Å². The first-order valence-corrected chi connectivity index (χ1v) is 9.07. The predicted octanol–water partition coefficient (Wildman–Crippen LogP) is 2.27. The summed E-state index contributed by atoms with van der Waals surface area (Å²) < 4.78 is 5.51. The lowest BCUT2D eigenvalue weighted by Crippen LogP contribution is -2.43. The van der Waals surface area contributed by atoms with Crippen LogP contribution in [0.5, 0.6) is 0 Å². The van der Waals surface area contributed by atoms with E-state index in [0.29, 0.717) is 18.5 Å². The third-order valence-electron chi connectivity index (χ3n) is 4.61. The van der Waals surface area contributed by atoms with E-state index in [4.69, 9.17) is 4.74 Å². The molecular formula is C20H23N3O4. The molecule has 0 saturated carbocycles. The zero-order valence-corrected chi connectivity index (χ0v) is 15.4. The highest BCUT2D eigenvalue weighted by Crippen LogP contribution is 2.23. The highest BCUT2D eigenvalue weighted by molar-refractivity contribution is 6.03. The topological polar surface area (TPSA) is 97.4 Å². The Morgan fingerprint density at radius 3 is 2.78 bits per heavy atom. The summed E-state index contributed by atoms with van der Waals surface area (Å²) in [6, 6.07) is 9.14. The lowest BCUT2D eigenvalue weighted by Gasteiger charge is -2.26. The molecule has 1 saturated heterocycles. The number of benzene rings is 1. The molecule has 1 aliphatic rings. The minimum atomic E-state index is -0.915. The lowest BCUT2D eigenvalue weighted by atomic mass is 9.99. The van der Waals surface area contributed by atoms with E-state index in [0.717, 1.165) is 10.9 Å². The van der Waals surface area contributed by atoms with Crippen LogP contribution in [0.3, 0.4) is 0 Å². The van der Waals surface area contributed by atoms with E-state index < -0.39 is 18.0 Å². The second-order valence-corrected chi connectivity index (χ2v) is 7.01. The standard InChI is InChI=1S/C20H23N3O4/c1-12(2)18(27-20(26)13-8-9-17(24)22-11-13)19(25)23-16-7-3-6-15-14(16)5-4-10-21-15/h3-7,10,12-13,18H,8-9,11H2,1-2H3,(H,22,24)(H,23,25). The maximum absolute atomic E-state index is 12.8. The maximum Gasteiger partial charge on any atom is 0.311 e. The smallest absolute Gasteiger partial charge is 0.311 e. The van der Waals surface area contributed by atoms with Gasteiger partial charge in [0, 0.05) is 24.5 Å². The number of aromatic nitrogens is 1. The number of carbonyl (C=O) groups is 3. The molecule has 2 aromatic rings. The molecule has 2 N–H and O–H groups in total. The lowest BCUT2D eigenvalue weighted by molar-refractivity contribution is -0.161. The van der Waals surface area contributed by atoms with Crippen LogP contribution < -0.4 is 10.6 Å². The average molecular weight is 369 g/mol. The van der Waals surface area contributed by atoms with Gasteiger partial charge < -0.3 is 15.4 Å². The van der Waals surface area contributed by atoms with Gasteiger partial charge in [0.25, 0.3) is 5.91 Å². The number of carbonyl (C=O) groups excluding carboxylic acids is 3. The molecule has 2 amide bonds. The van der Waals surface area contributed by atoms with Crippen molar-refractivity contribution in [1.29, 1.82) is 0 Å². The van der Waals surface area contributed by atoms with Crippen LogP contribution in [-0.2, 0) is 19.1 Å². The number of esters is 1. The van der Waals surface area contributed by atoms with Gasteiger partial charge in [-0.3, -0.25) is 19.4 Å². The van der Waals surface area contributed by atoms with Crippen molar-refractivity contribution in [2.24, 2.45) is 11.8 Å². The van der Waals surface area contributed by atoms with Crippen molar-refractivity contribution >= 4 is 34.4 Å². The largest absolute Gasteiger partial charge is 0.452 e. The van der Waals surface area contributed by atoms with E-state index in [1.165, 1.54) is 0 Å². The van der Waals surface area contributed by atoms with E-state index in [2.05, 4.69) is 15.6 Å². The Morgan fingerprint density at radius 1 is 1.26 bits per heavy atom. The van der Waals surface area contributed by atoms with Gasteiger partial charge >= 0.3 is 5.97 Å². The van der Waals surface area contributed by atoms with Gasteiger partial charge in [0.2, 0.25) is 5.91 Å². The molecule has 2 atom stereocenters. The van der Waals surface area contributed by atoms with E-state index in [9.17, 15) is 14.4 Å². The molecule has 2 unspecified atom stereocenters. The van der Waals surface area contributed by atoms with E-state index in [1.54, 1.807) is 18.3 Å². The number of hydrogen-bond donors (Lipinski definition) is 2. The average Bonchev–Trinajstić information content (AvgIpc) is 2.66. The van der Waals surface area contributed by atoms with Gasteiger partial charge in [0.05, 0.1) is 17.1 Å². The van der Waals surface area contributed by atoms with Gasteiger partial charge in [0.1, 0.15) is 0 Å². The Labute approximate surface area is 157 Å². The molecule has 7 nitrogen and oxygen atoms in total. The molecule has 0 radical (unpaired) electrons. The van der Waals surface area contributed by atoms with Crippen LogP contribution >= 0.6 is 0 Å². The van der Waals surface area contributed by atoms with Crippen molar-refractivity contribution in [3.05, 3.63) is 36.5 Å². The molecule has 0 spiro atoms. The number of fused-ring (bicyclic) bond motifs is 1. The number of rotatable bonds is 5. The van der Waals surface area contributed by atoms with Crippen LogP contribution in [0.2, 0.25) is 0 Å². The minimum absolute atomic E-state index is 0.0678. The third kappa shape index (κ3) is 4.42. The summed E-state index contributed by atoms with van der Waals surface area (Å²) in [5.41, 5.74) is 1.39. The zero-order valence-electron chi connectivity index (χ0n) is 15.4. The molecule has 0 aliphatic carbocycles. The van der Waals surface area contributed by atoms with Crippen molar-refractivity contribution in [3.63, 3.8) is 0 Å². The first-order valence-electron chi connectivity index (χ1n) is 9.07. The molecule has 27 heavy (non-hydrogen) atoms. The quantitative estimate of drug-likeness (QED) is 0.788. The summed E-state index contributed by atoms with van der Waals surface area (Å²) in [6.07, 6.45) is 1.50. The summed E-state index contributed by atoms with van der Waals surface area (Å²) >= 11 is 0. The van der Waals surface area contributed by atoms with Gasteiger partial charge in [0.15, 0.2) is 6.10 Å². The van der Waals surface area contributed by atoms with Crippen LogP contribution in [0.1, 0.15) is 26.7 Å². The van der Waals surface area contributed by atoms with E-state index >= 15 is 0 Å². The van der Waals surface area contributed by atoms with Gasteiger partial charge in [-0.1, -0.05) is 19.9 Å². The highest BCUT2D eigenvalue weighted by Gasteiger charge is 2.32. The van der Waals surface area contributed by atoms with Crippen LogP contribution in [-0.4, -0.2) is 35.4 Å². The monoisotopic (exact) mass is 369 g/mol. The molecular weight excluding hydrogens is 346 g/mol. The number of pyridine rings is 1. The molecule has 7 heteroatoms. The Balaban J connectivity index is 1.71. The Morgan fingerprint density at radius 2 is 2.07 bits per heavy atom. The number of anilines is 1. The molecule has 1 fully saturated rings. The first-order chi connectivity index (χ1) is 13.0. The van der Waals surface area contributed by atoms with Crippen LogP contribution in [0.25, 0.3) is 10.9 Å². The fraction of sp³-hybridized carbons (Fsp3) is 0.400. The molecule has 2 heterocycles. The summed E-state index contributed by atoms with van der Waals surface area (Å²) in [5, 5.41) is 6.33. The summed E-state index contributed by atoms with van der Waals surface area (Å²) in [4.78, 5) is 40.7. The van der Waals surface area contributed by atoms with Crippen LogP contribution in [0, 0.1) is 11.8 Å². The zero-order chi connectivity index (χ0) is 19.4. The molecule has 1 aliphatic heterocycles. The molecule has 142 valence electrons. The van der Waals surface area contributed by atoms with Crippen molar-refractivity contribution in [2.45, 2.75) is 32.8 Å². The molecule has 1 aromatic carbocycles. The van der Waals surface area contributed by atoms with Crippen molar-refractivity contribution in [1.82, 2.24) is 10.3 Å². The molecule has 0 bridgehead atoms. The summed E-state index contributed by atoms with van der Waals surface area (Å²) in [7, 11) is 0. The second kappa shape index (κ2) is 8.16. The highest BCUT2D eigenvalue weighted by atomic mass is 16.5. The number of nitrogens with zero attached hydrogens (tertiary/aromatic N) is 1. The fourth-order valence-electron chi connectivity index (χ4n) is 3.06. The van der Waals surface area contributed by atoms with Crippen molar-refractivity contribution in [3.8, 4) is 0 Å². The number of hydrogen-bond acceptors (Lipinski definition) is 5. The SMILES string of the molecule is CC(C)C(OC(=O)C1CCC(=O)NC1)C(=O)Nc1cccc2ncccc12. The Kier molecular flexibility index (Phi) is 5.69. The van der Waals surface area contributed by atoms with Gasteiger partial charge in [-0.2, -0.15) is 0 Å². The normalized spacial score (nSPS) is 18.0. The van der Waals surface area contributed by atoms with Gasteiger partial charge in [-0.15, -0.1) is 0 Å². The van der Waals surface area contributed by atoms with Gasteiger partial charge in [-0.05, 0) is 36.6 Å². The number of amides is 2. The summed E-state index contributed by atoms with van der Waals surface area (Å²) in [6.45, 7) is 3.90. The Hall–Kier alpha value is -2.96. The molecule has 1 aromatic heterocycles. The third-order valence-corrected chi connectivity index (χ3v) is 4.61. The van der Waals surface area contributed by atoms with Crippen LogP contribution in [0.4, 0.5) is 5.69 Å². The van der Waals surface area contributed by atoms with Crippen molar-refractivity contribution in [2.75, 3.05) is 11.9 Å². The van der Waals surface area contributed by atoms with Gasteiger partial charge in [-0.25, -0.2) is 0 Å².